The normalized spacial score (nSPS) is 11.7. The Balaban J connectivity index is 1.75. The van der Waals surface area contributed by atoms with E-state index < -0.39 is 6.04 Å². The lowest BCUT2D eigenvalue weighted by molar-refractivity contribution is 0.188. The molecule has 0 saturated carbocycles. The molecule has 35 heavy (non-hydrogen) atoms. The van der Waals surface area contributed by atoms with Crippen molar-refractivity contribution in [3.63, 3.8) is 0 Å². The molecule has 0 bridgehead atoms. The number of nitrogens with one attached hydrogen (secondary N) is 1. The van der Waals surface area contributed by atoms with Crippen molar-refractivity contribution in [2.45, 2.75) is 32.9 Å². The molecule has 0 fully saturated rings. The summed E-state index contributed by atoms with van der Waals surface area (Å²) in [5.41, 5.74) is 2.12. The Hall–Kier alpha value is -4.13. The van der Waals surface area contributed by atoms with Crippen LogP contribution in [0.1, 0.15) is 37.7 Å². The van der Waals surface area contributed by atoms with Gasteiger partial charge in [-0.2, -0.15) is 0 Å². The fraction of sp³-hybridized carbons (Fsp3) is 0.250. The molecule has 0 radical (unpaired) electrons. The highest BCUT2D eigenvalue weighted by Gasteiger charge is 2.26. The minimum Gasteiger partial charge on any atom is -0.497 e. The van der Waals surface area contributed by atoms with E-state index in [4.69, 9.17) is 9.72 Å². The maximum absolute atomic E-state index is 13.6. The van der Waals surface area contributed by atoms with Gasteiger partial charge in [-0.15, -0.1) is 0 Å². The van der Waals surface area contributed by atoms with E-state index in [9.17, 15) is 9.59 Å². The summed E-state index contributed by atoms with van der Waals surface area (Å²) >= 11 is 0. The molecule has 180 valence electrons. The molecule has 0 aliphatic heterocycles. The lowest BCUT2D eigenvalue weighted by Gasteiger charge is -2.30. The van der Waals surface area contributed by atoms with Crippen LogP contribution in [0, 0.1) is 0 Å². The Morgan fingerprint density at radius 2 is 1.80 bits per heavy atom. The molecule has 2 amide bonds. The molecule has 1 unspecified atom stereocenters. The Kier molecular flexibility index (Phi) is 7.45. The largest absolute Gasteiger partial charge is 0.497 e. The summed E-state index contributed by atoms with van der Waals surface area (Å²) < 4.78 is 6.96. The van der Waals surface area contributed by atoms with Crippen LogP contribution >= 0.6 is 0 Å². The number of fused-ring (bicyclic) bond motifs is 1. The van der Waals surface area contributed by atoms with Gasteiger partial charge in [0, 0.05) is 18.3 Å². The number of amides is 2. The number of rotatable bonds is 8. The number of urea groups is 1. The molecule has 4 rings (SSSR count). The Labute approximate surface area is 205 Å². The van der Waals surface area contributed by atoms with Crippen molar-refractivity contribution in [1.29, 1.82) is 0 Å². The molecule has 4 aromatic rings. The first-order chi connectivity index (χ1) is 17.0. The second kappa shape index (κ2) is 10.9. The first-order valence-electron chi connectivity index (χ1n) is 11.8. The predicted molar refractivity (Wildman–Crippen MR) is 139 cm³/mol. The lowest BCUT2D eigenvalue weighted by atomic mass is 10.1. The third-order valence-electron chi connectivity index (χ3n) is 5.96. The Morgan fingerprint density at radius 3 is 2.54 bits per heavy atom. The fourth-order valence-corrected chi connectivity index (χ4v) is 4.17. The number of nitrogens with zero attached hydrogens (tertiary/aromatic N) is 3. The molecule has 0 aliphatic carbocycles. The number of benzene rings is 3. The standard InChI is InChI=1S/C28H30N4O3/c1-4-17-31(28(34)29-22-13-10-14-23(18-22)35-3)20(2)26-30-25-16-9-8-15-24(25)27(33)32(26)19-21-11-6-5-7-12-21/h5-16,18,20H,4,17,19H2,1-3H3,(H,29,34). The number of para-hydroxylation sites is 1. The zero-order valence-electron chi connectivity index (χ0n) is 20.3. The van der Waals surface area contributed by atoms with Crippen LogP contribution < -0.4 is 15.6 Å². The molecule has 7 heteroatoms. The number of anilines is 1. The lowest BCUT2D eigenvalue weighted by Crippen LogP contribution is -2.40. The molecule has 1 atom stereocenters. The molecule has 3 aromatic carbocycles. The minimum absolute atomic E-state index is 0.119. The second-order valence-corrected chi connectivity index (χ2v) is 8.40. The number of hydrogen-bond donors (Lipinski definition) is 1. The monoisotopic (exact) mass is 470 g/mol. The SMILES string of the molecule is CCCN(C(=O)Nc1cccc(OC)c1)C(C)c1nc2ccccc2c(=O)n1Cc1ccccc1. The van der Waals surface area contributed by atoms with Crippen molar-refractivity contribution < 1.29 is 9.53 Å². The highest BCUT2D eigenvalue weighted by molar-refractivity contribution is 5.89. The van der Waals surface area contributed by atoms with E-state index in [0.717, 1.165) is 12.0 Å². The quantitative estimate of drug-likeness (QED) is 0.371. The summed E-state index contributed by atoms with van der Waals surface area (Å²) in [6.45, 7) is 4.81. The fourth-order valence-electron chi connectivity index (χ4n) is 4.17. The van der Waals surface area contributed by atoms with Gasteiger partial charge in [-0.25, -0.2) is 9.78 Å². The molecule has 1 aromatic heterocycles. The summed E-state index contributed by atoms with van der Waals surface area (Å²) in [6.07, 6.45) is 0.756. The second-order valence-electron chi connectivity index (χ2n) is 8.40. The van der Waals surface area contributed by atoms with Crippen molar-refractivity contribution in [3.05, 3.63) is 101 Å². The van der Waals surface area contributed by atoms with E-state index in [2.05, 4.69) is 5.32 Å². The topological polar surface area (TPSA) is 76.5 Å². The van der Waals surface area contributed by atoms with Crippen LogP contribution in [0.15, 0.2) is 83.7 Å². The zero-order chi connectivity index (χ0) is 24.8. The number of ether oxygens (including phenoxy) is 1. The van der Waals surface area contributed by atoms with E-state index in [1.807, 2.05) is 80.6 Å². The smallest absolute Gasteiger partial charge is 0.322 e. The van der Waals surface area contributed by atoms with Crippen LogP contribution in [0.25, 0.3) is 10.9 Å². The molecule has 0 aliphatic rings. The average molecular weight is 471 g/mol. The molecular formula is C28H30N4O3. The van der Waals surface area contributed by atoms with Crippen molar-refractivity contribution >= 4 is 22.6 Å². The number of hydrogen-bond acceptors (Lipinski definition) is 4. The van der Waals surface area contributed by atoms with Gasteiger partial charge in [0.1, 0.15) is 11.6 Å². The summed E-state index contributed by atoms with van der Waals surface area (Å²) in [7, 11) is 1.59. The highest BCUT2D eigenvalue weighted by Crippen LogP contribution is 2.23. The van der Waals surface area contributed by atoms with Crippen molar-refractivity contribution in [3.8, 4) is 5.75 Å². The van der Waals surface area contributed by atoms with Crippen LogP contribution in [-0.2, 0) is 6.54 Å². The number of aromatic nitrogens is 2. The van der Waals surface area contributed by atoms with E-state index in [1.165, 1.54) is 0 Å². The van der Waals surface area contributed by atoms with Gasteiger partial charge in [0.15, 0.2) is 0 Å². The third kappa shape index (κ3) is 5.35. The predicted octanol–water partition coefficient (Wildman–Crippen LogP) is 5.46. The van der Waals surface area contributed by atoms with Crippen LogP contribution in [0.5, 0.6) is 5.75 Å². The minimum atomic E-state index is -0.443. The van der Waals surface area contributed by atoms with Gasteiger partial charge in [-0.1, -0.05) is 55.5 Å². The van der Waals surface area contributed by atoms with Gasteiger partial charge in [-0.3, -0.25) is 9.36 Å². The Bertz CT molecular complexity index is 1370. The van der Waals surface area contributed by atoms with Gasteiger partial charge >= 0.3 is 6.03 Å². The van der Waals surface area contributed by atoms with E-state index in [-0.39, 0.29) is 11.6 Å². The van der Waals surface area contributed by atoms with Gasteiger partial charge in [-0.05, 0) is 43.2 Å². The first-order valence-corrected chi connectivity index (χ1v) is 11.8. The Morgan fingerprint density at radius 1 is 1.06 bits per heavy atom. The van der Waals surface area contributed by atoms with Crippen molar-refractivity contribution in [2.75, 3.05) is 19.0 Å². The van der Waals surface area contributed by atoms with Gasteiger partial charge in [0.25, 0.3) is 5.56 Å². The third-order valence-corrected chi connectivity index (χ3v) is 5.96. The van der Waals surface area contributed by atoms with Gasteiger partial charge in [0.05, 0.1) is 30.6 Å². The average Bonchev–Trinajstić information content (AvgIpc) is 2.89. The van der Waals surface area contributed by atoms with Crippen molar-refractivity contribution in [2.24, 2.45) is 0 Å². The molecule has 1 heterocycles. The van der Waals surface area contributed by atoms with Crippen LogP contribution in [0.2, 0.25) is 0 Å². The highest BCUT2D eigenvalue weighted by atomic mass is 16.5. The maximum atomic E-state index is 13.6. The van der Waals surface area contributed by atoms with Gasteiger partial charge < -0.3 is 15.0 Å². The molecule has 7 nitrogen and oxygen atoms in total. The first kappa shape index (κ1) is 24.0. The molecule has 1 N–H and O–H groups in total. The summed E-state index contributed by atoms with van der Waals surface area (Å²) in [5.74, 6) is 1.21. The van der Waals surface area contributed by atoms with E-state index in [1.54, 1.807) is 28.7 Å². The maximum Gasteiger partial charge on any atom is 0.322 e. The van der Waals surface area contributed by atoms with E-state index >= 15 is 0 Å². The summed E-state index contributed by atoms with van der Waals surface area (Å²) in [5, 5.41) is 3.52. The van der Waals surface area contributed by atoms with E-state index in [0.29, 0.717) is 41.3 Å². The van der Waals surface area contributed by atoms with Crippen molar-refractivity contribution in [1.82, 2.24) is 14.5 Å². The van der Waals surface area contributed by atoms with Crippen LogP contribution in [0.3, 0.4) is 0 Å². The molecule has 0 spiro atoms. The summed E-state index contributed by atoms with van der Waals surface area (Å²) in [6, 6.07) is 23.7. The van der Waals surface area contributed by atoms with Crippen LogP contribution in [-0.4, -0.2) is 34.1 Å². The van der Waals surface area contributed by atoms with Gasteiger partial charge in [0.2, 0.25) is 0 Å². The number of carbonyl (C=O) groups is 1. The summed E-state index contributed by atoms with van der Waals surface area (Å²) in [4.78, 5) is 33.5. The number of methoxy groups -OCH3 is 1. The zero-order valence-corrected chi connectivity index (χ0v) is 20.3. The molecular weight excluding hydrogens is 440 g/mol. The molecule has 0 saturated heterocycles. The van der Waals surface area contributed by atoms with Crippen LogP contribution in [0.4, 0.5) is 10.5 Å². The number of carbonyl (C=O) groups excluding carboxylic acids is 1.